The predicted molar refractivity (Wildman–Crippen MR) is 122 cm³/mol. The summed E-state index contributed by atoms with van der Waals surface area (Å²) in [5, 5.41) is 8.59. The molecule has 2 aromatic heterocycles. The molecule has 1 aliphatic rings. The van der Waals surface area contributed by atoms with Gasteiger partial charge in [-0.2, -0.15) is 4.98 Å². The molecule has 32 heavy (non-hydrogen) atoms. The minimum Gasteiger partial charge on any atom is -0.423 e. The Morgan fingerprint density at radius 3 is 2.84 bits per heavy atom. The molecule has 0 N–H and O–H groups in total. The van der Waals surface area contributed by atoms with Crippen molar-refractivity contribution in [2.75, 3.05) is 24.5 Å². The number of aryl methyl sites for hydroxylation is 1. The zero-order valence-electron chi connectivity index (χ0n) is 17.9. The van der Waals surface area contributed by atoms with E-state index in [2.05, 4.69) is 27.1 Å². The van der Waals surface area contributed by atoms with Crippen LogP contribution in [0.1, 0.15) is 29.3 Å². The molecule has 8 nitrogen and oxygen atoms in total. The molecule has 1 aliphatic heterocycles. The number of benzene rings is 2. The second kappa shape index (κ2) is 8.27. The Morgan fingerprint density at radius 2 is 2.03 bits per heavy atom. The largest absolute Gasteiger partial charge is 0.423 e. The van der Waals surface area contributed by atoms with Gasteiger partial charge in [-0.3, -0.25) is 4.79 Å². The molecule has 0 radical (unpaired) electrons. The molecule has 0 bridgehead atoms. The highest BCUT2D eigenvalue weighted by Crippen LogP contribution is 2.27. The van der Waals surface area contributed by atoms with Crippen LogP contribution in [0.2, 0.25) is 5.02 Å². The summed E-state index contributed by atoms with van der Waals surface area (Å²) in [6.07, 6.45) is 4.15. The molecule has 9 heteroatoms. The van der Waals surface area contributed by atoms with Crippen LogP contribution in [0.4, 0.5) is 6.01 Å². The molecule has 164 valence electrons. The highest BCUT2D eigenvalue weighted by Gasteiger charge is 2.29. The molecule has 0 aliphatic carbocycles. The van der Waals surface area contributed by atoms with Crippen molar-refractivity contribution >= 4 is 34.6 Å². The van der Waals surface area contributed by atoms with Crippen LogP contribution in [0.25, 0.3) is 16.8 Å². The maximum Gasteiger partial charge on any atom is 0.298 e. The van der Waals surface area contributed by atoms with Gasteiger partial charge in [-0.15, -0.1) is 5.10 Å². The molecular formula is C23H23ClN6O2. The first-order valence-corrected chi connectivity index (χ1v) is 11.0. The minimum absolute atomic E-state index is 0.0158. The lowest BCUT2D eigenvalue weighted by molar-refractivity contribution is 0.0705. The number of carbonyl (C=O) groups is 1. The van der Waals surface area contributed by atoms with Gasteiger partial charge in [0, 0.05) is 30.7 Å². The van der Waals surface area contributed by atoms with Crippen LogP contribution < -0.4 is 4.90 Å². The van der Waals surface area contributed by atoms with Gasteiger partial charge in [-0.1, -0.05) is 28.4 Å². The highest BCUT2D eigenvalue weighted by atomic mass is 35.5. The summed E-state index contributed by atoms with van der Waals surface area (Å²) >= 11 is 6.08. The fourth-order valence-corrected chi connectivity index (χ4v) is 4.25. The summed E-state index contributed by atoms with van der Waals surface area (Å²) in [5.41, 5.74) is 3.79. The summed E-state index contributed by atoms with van der Waals surface area (Å²) in [4.78, 5) is 22.3. The molecule has 5 rings (SSSR count). The maximum absolute atomic E-state index is 13.6. The fourth-order valence-electron chi connectivity index (χ4n) is 4.09. The van der Waals surface area contributed by atoms with Crippen molar-refractivity contribution in [2.24, 2.45) is 0 Å². The summed E-state index contributed by atoms with van der Waals surface area (Å²) in [6.45, 7) is 5.99. The number of oxazole rings is 1. The molecular weight excluding hydrogens is 428 g/mol. The van der Waals surface area contributed by atoms with Crippen LogP contribution >= 0.6 is 11.6 Å². The van der Waals surface area contributed by atoms with E-state index in [1.54, 1.807) is 29.2 Å². The molecule has 0 saturated carbocycles. The number of nitrogens with zero attached hydrogens (tertiary/aromatic N) is 6. The number of fused-ring (bicyclic) bond motifs is 1. The van der Waals surface area contributed by atoms with E-state index in [-0.39, 0.29) is 11.9 Å². The van der Waals surface area contributed by atoms with E-state index in [1.165, 1.54) is 0 Å². The Kier molecular flexibility index (Phi) is 5.30. The van der Waals surface area contributed by atoms with E-state index >= 15 is 0 Å². The smallest absolute Gasteiger partial charge is 0.298 e. The SMILES string of the molecule is Cc1ccc(-n2ccnn2)c(C(=O)N2CCN(c3nc4cc(Cl)ccc4o3)CC[C@H]2C)c1. The Bertz CT molecular complexity index is 1270. The zero-order chi connectivity index (χ0) is 22.2. The van der Waals surface area contributed by atoms with Gasteiger partial charge in [-0.25, -0.2) is 4.68 Å². The van der Waals surface area contributed by atoms with Gasteiger partial charge in [0.2, 0.25) is 0 Å². The van der Waals surface area contributed by atoms with Crippen molar-refractivity contribution in [3.8, 4) is 5.69 Å². The molecule has 0 unspecified atom stereocenters. The van der Waals surface area contributed by atoms with E-state index in [4.69, 9.17) is 16.0 Å². The lowest BCUT2D eigenvalue weighted by Gasteiger charge is -2.27. The van der Waals surface area contributed by atoms with Gasteiger partial charge in [0.05, 0.1) is 23.6 Å². The summed E-state index contributed by atoms with van der Waals surface area (Å²) in [7, 11) is 0. The third-order valence-electron chi connectivity index (χ3n) is 5.88. The zero-order valence-corrected chi connectivity index (χ0v) is 18.7. The third kappa shape index (κ3) is 3.82. The van der Waals surface area contributed by atoms with Gasteiger partial charge in [0.25, 0.3) is 11.9 Å². The first-order valence-electron chi connectivity index (χ1n) is 10.6. The van der Waals surface area contributed by atoms with Crippen molar-refractivity contribution in [3.63, 3.8) is 0 Å². The summed E-state index contributed by atoms with van der Waals surface area (Å²) in [5.74, 6) is -0.0158. The monoisotopic (exact) mass is 450 g/mol. The Hall–Kier alpha value is -3.39. The molecule has 0 spiro atoms. The Labute approximate surface area is 190 Å². The maximum atomic E-state index is 13.6. The molecule has 2 aromatic carbocycles. The van der Waals surface area contributed by atoms with E-state index < -0.39 is 0 Å². The first-order chi connectivity index (χ1) is 15.5. The van der Waals surface area contributed by atoms with Crippen LogP contribution in [0.3, 0.4) is 0 Å². The second-order valence-corrected chi connectivity index (χ2v) is 8.54. The van der Waals surface area contributed by atoms with Crippen LogP contribution in [0.5, 0.6) is 0 Å². The Morgan fingerprint density at radius 1 is 1.16 bits per heavy atom. The van der Waals surface area contributed by atoms with Crippen molar-refractivity contribution < 1.29 is 9.21 Å². The van der Waals surface area contributed by atoms with E-state index in [0.29, 0.717) is 35.3 Å². The van der Waals surface area contributed by atoms with Crippen molar-refractivity contribution in [1.82, 2.24) is 24.9 Å². The third-order valence-corrected chi connectivity index (χ3v) is 6.12. The molecule has 1 amide bonds. The van der Waals surface area contributed by atoms with Gasteiger partial charge in [0.1, 0.15) is 5.52 Å². The van der Waals surface area contributed by atoms with Gasteiger partial charge in [-0.05, 0) is 50.6 Å². The topological polar surface area (TPSA) is 80.3 Å². The number of carbonyl (C=O) groups excluding carboxylic acids is 1. The summed E-state index contributed by atoms with van der Waals surface area (Å²) in [6, 6.07) is 11.8. The van der Waals surface area contributed by atoms with Crippen LogP contribution in [0, 0.1) is 6.92 Å². The van der Waals surface area contributed by atoms with Crippen LogP contribution in [0.15, 0.2) is 53.2 Å². The van der Waals surface area contributed by atoms with Crippen molar-refractivity contribution in [2.45, 2.75) is 26.3 Å². The quantitative estimate of drug-likeness (QED) is 0.467. The normalized spacial score (nSPS) is 17.0. The average Bonchev–Trinajstić information content (AvgIpc) is 3.41. The lowest BCUT2D eigenvalue weighted by Crippen LogP contribution is -2.40. The van der Waals surface area contributed by atoms with Gasteiger partial charge in [0.15, 0.2) is 5.58 Å². The molecule has 1 fully saturated rings. The van der Waals surface area contributed by atoms with Crippen molar-refractivity contribution in [3.05, 3.63) is 64.9 Å². The van der Waals surface area contributed by atoms with E-state index in [0.717, 1.165) is 29.7 Å². The number of rotatable bonds is 3. The van der Waals surface area contributed by atoms with Crippen LogP contribution in [-0.2, 0) is 0 Å². The number of hydrogen-bond donors (Lipinski definition) is 0. The number of hydrogen-bond acceptors (Lipinski definition) is 6. The average molecular weight is 451 g/mol. The minimum atomic E-state index is -0.0158. The highest BCUT2D eigenvalue weighted by molar-refractivity contribution is 6.31. The van der Waals surface area contributed by atoms with Gasteiger partial charge < -0.3 is 14.2 Å². The van der Waals surface area contributed by atoms with Crippen LogP contribution in [-0.4, -0.2) is 56.5 Å². The Balaban J connectivity index is 1.41. The second-order valence-electron chi connectivity index (χ2n) is 8.10. The number of halogens is 1. The molecule has 3 heterocycles. The van der Waals surface area contributed by atoms with Crippen molar-refractivity contribution in [1.29, 1.82) is 0 Å². The number of aromatic nitrogens is 4. The number of anilines is 1. The molecule has 4 aromatic rings. The molecule has 1 atom stereocenters. The fraction of sp³-hybridized carbons (Fsp3) is 0.304. The van der Waals surface area contributed by atoms with E-state index in [9.17, 15) is 4.79 Å². The number of amides is 1. The first kappa shape index (κ1) is 20.5. The predicted octanol–water partition coefficient (Wildman–Crippen LogP) is 4.11. The standard InChI is InChI=1S/C23H23ClN6O2/c1-15-3-5-20(30-10-8-25-27-30)18(13-15)22(31)29-12-11-28(9-7-16(29)2)23-26-19-14-17(24)4-6-21(19)32-23/h3-6,8,10,13-14,16H,7,9,11-12H2,1-2H3/t16-/m1/s1. The van der Waals surface area contributed by atoms with E-state index in [1.807, 2.05) is 36.1 Å². The van der Waals surface area contributed by atoms with Gasteiger partial charge >= 0.3 is 0 Å². The molecule has 1 saturated heterocycles. The lowest BCUT2D eigenvalue weighted by atomic mass is 10.1. The summed E-state index contributed by atoms with van der Waals surface area (Å²) < 4.78 is 7.58.